The van der Waals surface area contributed by atoms with Gasteiger partial charge in [-0.25, -0.2) is 9.97 Å². The monoisotopic (exact) mass is 542 g/mol. The highest BCUT2D eigenvalue weighted by molar-refractivity contribution is 5.93. The normalized spacial score (nSPS) is 12.7. The molecule has 0 spiro atoms. The lowest BCUT2D eigenvalue weighted by atomic mass is 10.0. The summed E-state index contributed by atoms with van der Waals surface area (Å²) in [6, 6.07) is 37.5. The first kappa shape index (κ1) is 24.1. The predicted octanol–water partition coefficient (Wildman–Crippen LogP) is 9.06. The van der Waals surface area contributed by atoms with E-state index in [-0.39, 0.29) is 0 Å². The van der Waals surface area contributed by atoms with E-state index < -0.39 is 0 Å². The summed E-state index contributed by atoms with van der Waals surface area (Å²) in [6.45, 7) is 0.686. The van der Waals surface area contributed by atoms with Crippen molar-refractivity contribution in [2.75, 3.05) is 6.61 Å². The molecule has 9 rings (SSSR count). The largest absolute Gasteiger partial charge is 0.489 e. The van der Waals surface area contributed by atoms with Crippen LogP contribution in [0.25, 0.3) is 73.6 Å². The first-order valence-corrected chi connectivity index (χ1v) is 14.0. The minimum Gasteiger partial charge on any atom is -0.489 e. The van der Waals surface area contributed by atoms with E-state index in [1.165, 1.54) is 16.3 Å². The molecule has 3 aromatic carbocycles. The Labute approximate surface area is 242 Å². The van der Waals surface area contributed by atoms with Crippen LogP contribution in [0.4, 0.5) is 0 Å². The number of hydrogen-bond acceptors (Lipinski definition) is 3. The number of ether oxygens (including phenoxy) is 1. The van der Waals surface area contributed by atoms with Gasteiger partial charge in [0.2, 0.25) is 0 Å². The highest BCUT2D eigenvalue weighted by Crippen LogP contribution is 2.36. The molecule has 3 aliphatic heterocycles. The summed E-state index contributed by atoms with van der Waals surface area (Å²) >= 11 is 0. The van der Waals surface area contributed by atoms with Crippen molar-refractivity contribution in [2.45, 2.75) is 0 Å². The maximum Gasteiger partial charge on any atom is 0.127 e. The highest BCUT2D eigenvalue weighted by Gasteiger charge is 2.15. The summed E-state index contributed by atoms with van der Waals surface area (Å²) in [7, 11) is 0. The number of nitrogens with one attached hydrogen (secondary N) is 2. The Balaban J connectivity index is 0.000000159. The number of nitrogens with zero attached hydrogens (tertiary/aromatic N) is 2. The average molecular weight is 543 g/mol. The predicted molar refractivity (Wildman–Crippen MR) is 173 cm³/mol. The first-order valence-electron chi connectivity index (χ1n) is 14.0. The zero-order chi connectivity index (χ0) is 27.9. The van der Waals surface area contributed by atoms with Crippen LogP contribution in [0.3, 0.4) is 0 Å². The van der Waals surface area contributed by atoms with Crippen LogP contribution in [0.1, 0.15) is 17.0 Å². The lowest BCUT2D eigenvalue weighted by Crippen LogP contribution is -2.00. The maximum atomic E-state index is 5.54. The van der Waals surface area contributed by atoms with E-state index >= 15 is 0 Å². The molecule has 0 atom stereocenters. The molecule has 6 heterocycles. The smallest absolute Gasteiger partial charge is 0.127 e. The number of hydrogen-bond donors (Lipinski definition) is 2. The molecule has 0 saturated carbocycles. The molecular formula is C37H26N4O. The van der Waals surface area contributed by atoms with Gasteiger partial charge in [0, 0.05) is 38.8 Å². The SMILES string of the molecule is C1=Cc2c(ccc3ccccc23)OC1.C1=Cc2cc3ccc(cc4ccc(cc5nc(cc1n2)-c1ccccc1-5)[nH]4)[nH]3. The van der Waals surface area contributed by atoms with Gasteiger partial charge in [-0.1, -0.05) is 60.7 Å². The Bertz CT molecular complexity index is 2220. The molecule has 2 N–H and O–H groups in total. The van der Waals surface area contributed by atoms with Crippen molar-refractivity contribution in [1.29, 1.82) is 0 Å². The number of aromatic amines is 2. The molecular weight excluding hydrogens is 516 g/mol. The minimum absolute atomic E-state index is 0.686. The van der Waals surface area contributed by atoms with Crippen molar-refractivity contribution < 1.29 is 4.74 Å². The van der Waals surface area contributed by atoms with Crippen LogP contribution >= 0.6 is 0 Å². The van der Waals surface area contributed by atoms with Crippen molar-refractivity contribution >= 4 is 51.1 Å². The van der Waals surface area contributed by atoms with Gasteiger partial charge in [-0.2, -0.15) is 0 Å². The van der Waals surface area contributed by atoms with Crippen LogP contribution < -0.4 is 4.74 Å². The summed E-state index contributed by atoms with van der Waals surface area (Å²) < 4.78 is 5.54. The number of rotatable bonds is 0. The van der Waals surface area contributed by atoms with E-state index in [4.69, 9.17) is 14.7 Å². The molecule has 3 aromatic heterocycles. The molecule has 3 aliphatic rings. The summed E-state index contributed by atoms with van der Waals surface area (Å²) in [5.74, 6) is 0.992. The summed E-state index contributed by atoms with van der Waals surface area (Å²) in [4.78, 5) is 16.5. The fraction of sp³-hybridized carbons (Fsp3) is 0.0270. The van der Waals surface area contributed by atoms with Gasteiger partial charge in [0.05, 0.1) is 22.8 Å². The van der Waals surface area contributed by atoms with Gasteiger partial charge in [-0.05, 0) is 83.6 Å². The second-order valence-electron chi connectivity index (χ2n) is 10.5. The molecule has 0 aliphatic carbocycles. The molecule has 42 heavy (non-hydrogen) atoms. The van der Waals surface area contributed by atoms with Crippen molar-refractivity contribution in [3.05, 3.63) is 132 Å². The van der Waals surface area contributed by atoms with E-state index in [0.29, 0.717) is 6.61 Å². The molecule has 0 saturated heterocycles. The third kappa shape index (κ3) is 4.57. The number of fused-ring (bicyclic) bond motifs is 14. The zero-order valence-corrected chi connectivity index (χ0v) is 22.7. The standard InChI is InChI=1S/C24H16N4.C13H10O/c1-2-4-22-21(3-1)23-13-19-9-7-17(26-19)11-15-5-6-16(25-15)12-18-8-10-20(27-18)14-24(22)28-23;1-2-5-11-10(4-1)7-8-13-12(11)6-3-9-14-13/h1-14,25-26H;1-8H,9H2. The summed E-state index contributed by atoms with van der Waals surface area (Å²) in [6.07, 6.45) is 8.25. The molecule has 0 amide bonds. The van der Waals surface area contributed by atoms with E-state index in [2.05, 4.69) is 125 Å². The Hall–Kier alpha value is -5.68. The third-order valence-electron chi connectivity index (χ3n) is 7.61. The average Bonchev–Trinajstić information content (AvgIpc) is 3.83. The zero-order valence-electron chi connectivity index (χ0n) is 22.7. The number of H-pyrrole nitrogens is 2. The van der Waals surface area contributed by atoms with E-state index in [1.807, 2.05) is 18.2 Å². The Morgan fingerprint density at radius 3 is 1.98 bits per heavy atom. The van der Waals surface area contributed by atoms with Crippen LogP contribution in [0, 0.1) is 0 Å². The van der Waals surface area contributed by atoms with E-state index in [0.717, 1.165) is 61.7 Å². The fourth-order valence-electron chi connectivity index (χ4n) is 5.64. The molecule has 5 heteroatoms. The van der Waals surface area contributed by atoms with Crippen molar-refractivity contribution in [3.63, 3.8) is 0 Å². The van der Waals surface area contributed by atoms with Gasteiger partial charge in [-0.15, -0.1) is 0 Å². The van der Waals surface area contributed by atoms with Gasteiger partial charge in [0.15, 0.2) is 0 Å². The Morgan fingerprint density at radius 2 is 1.19 bits per heavy atom. The van der Waals surface area contributed by atoms with E-state index in [1.54, 1.807) is 0 Å². The minimum atomic E-state index is 0.686. The van der Waals surface area contributed by atoms with Crippen LogP contribution in [0.5, 0.6) is 5.75 Å². The molecule has 8 bridgehead atoms. The van der Waals surface area contributed by atoms with Crippen molar-refractivity contribution in [2.24, 2.45) is 0 Å². The molecule has 0 unspecified atom stereocenters. The lowest BCUT2D eigenvalue weighted by Gasteiger charge is -2.14. The second-order valence-corrected chi connectivity index (χ2v) is 10.5. The van der Waals surface area contributed by atoms with E-state index in [9.17, 15) is 0 Å². The maximum absolute atomic E-state index is 5.54. The summed E-state index contributed by atoms with van der Waals surface area (Å²) in [5.41, 5.74) is 11.4. The van der Waals surface area contributed by atoms with Gasteiger partial charge in [-0.3, -0.25) is 0 Å². The summed E-state index contributed by atoms with van der Waals surface area (Å²) in [5, 5.41) is 2.53. The third-order valence-corrected chi connectivity index (χ3v) is 7.61. The first-order chi connectivity index (χ1) is 20.7. The van der Waals surface area contributed by atoms with Gasteiger partial charge < -0.3 is 14.7 Å². The second kappa shape index (κ2) is 10.1. The van der Waals surface area contributed by atoms with Gasteiger partial charge >= 0.3 is 0 Å². The Morgan fingerprint density at radius 1 is 0.548 bits per heavy atom. The topological polar surface area (TPSA) is 66.6 Å². The van der Waals surface area contributed by atoms with Gasteiger partial charge in [0.1, 0.15) is 12.4 Å². The molecule has 200 valence electrons. The fourth-order valence-corrected chi connectivity index (χ4v) is 5.64. The molecule has 0 radical (unpaired) electrons. The molecule has 5 nitrogen and oxygen atoms in total. The molecule has 0 fully saturated rings. The highest BCUT2D eigenvalue weighted by atomic mass is 16.5. The number of benzene rings is 3. The van der Waals surface area contributed by atoms with Crippen LogP contribution in [0.15, 0.2) is 115 Å². The van der Waals surface area contributed by atoms with Gasteiger partial charge in [0.25, 0.3) is 0 Å². The quantitative estimate of drug-likeness (QED) is 0.201. The van der Waals surface area contributed by atoms with Crippen molar-refractivity contribution in [3.8, 4) is 28.3 Å². The number of aromatic nitrogens is 4. The van der Waals surface area contributed by atoms with Crippen molar-refractivity contribution in [1.82, 2.24) is 19.9 Å². The Kier molecular flexibility index (Phi) is 5.78. The molecule has 6 aromatic rings. The van der Waals surface area contributed by atoms with Crippen LogP contribution in [-0.4, -0.2) is 26.5 Å². The van der Waals surface area contributed by atoms with Crippen LogP contribution in [-0.2, 0) is 0 Å². The lowest BCUT2D eigenvalue weighted by molar-refractivity contribution is 0.359. The van der Waals surface area contributed by atoms with Crippen LogP contribution in [0.2, 0.25) is 0 Å².